The number of halogens is 19. The van der Waals surface area contributed by atoms with Crippen molar-refractivity contribution >= 4 is 0 Å². The van der Waals surface area contributed by atoms with Gasteiger partial charge in [0, 0.05) is 5.41 Å². The first-order valence-electron chi connectivity index (χ1n) is 15.1. The van der Waals surface area contributed by atoms with Gasteiger partial charge in [0.2, 0.25) is 0 Å². The quantitative estimate of drug-likeness (QED) is 0.139. The van der Waals surface area contributed by atoms with Crippen molar-refractivity contribution in [3.05, 3.63) is 0 Å². The third-order valence-electron chi connectivity index (χ3n) is 10.3. The molecule has 0 aromatic carbocycles. The van der Waals surface area contributed by atoms with Crippen LogP contribution in [0.4, 0.5) is 83.4 Å². The molecule has 0 nitrogen and oxygen atoms in total. The first kappa shape index (κ1) is 40.1. The summed E-state index contributed by atoms with van der Waals surface area (Å²) in [7, 11) is 0. The van der Waals surface area contributed by atoms with Gasteiger partial charge in [-0.3, -0.25) is 0 Å². The molecule has 0 N–H and O–H groups in total. The Kier molecular flexibility index (Phi) is 9.90. The van der Waals surface area contributed by atoms with Crippen LogP contribution in [0.3, 0.4) is 0 Å². The summed E-state index contributed by atoms with van der Waals surface area (Å²) >= 11 is 0. The maximum atomic E-state index is 16.3. The van der Waals surface area contributed by atoms with E-state index in [0.717, 1.165) is 25.7 Å². The van der Waals surface area contributed by atoms with E-state index in [1.807, 2.05) is 6.92 Å². The van der Waals surface area contributed by atoms with Gasteiger partial charge in [-0.25, -0.2) is 22.0 Å². The number of hydrogen-bond donors (Lipinski definition) is 0. The third kappa shape index (κ3) is 4.29. The lowest BCUT2D eigenvalue weighted by Crippen LogP contribution is -3.00. The standard InChI is InChI=1S/C28H33F19/c1-2-3-4-5-6-7-8-9-11-14-17(15-12-10-13-16-17)21(32,33)20(31)22(34,35)18(29)19(30,23(36,37)26(20,42)43)25(40,41)28(46,47)27(44,45)24(18,38)39/h2-16H2,1H3. The number of fused-ring (bicyclic) bond motifs is 1. The van der Waals surface area contributed by atoms with E-state index in [9.17, 15) is 35.1 Å². The molecule has 3 aliphatic rings. The highest BCUT2D eigenvalue weighted by Crippen LogP contribution is 2.83. The van der Waals surface area contributed by atoms with Crippen molar-refractivity contribution in [2.45, 2.75) is 168 Å². The van der Waals surface area contributed by atoms with Crippen LogP contribution >= 0.6 is 0 Å². The van der Waals surface area contributed by atoms with Crippen LogP contribution in [0.2, 0.25) is 0 Å². The summed E-state index contributed by atoms with van der Waals surface area (Å²) in [6.07, 6.45) is -0.940. The molecule has 0 aromatic rings. The van der Waals surface area contributed by atoms with E-state index in [0.29, 0.717) is 12.8 Å². The number of unbranched alkanes of at least 4 members (excludes halogenated alkanes) is 8. The molecule has 3 aliphatic carbocycles. The highest BCUT2D eigenvalue weighted by Gasteiger charge is 3.16. The average molecular weight is 731 g/mol. The average Bonchev–Trinajstić information content (AvgIpc) is 2.97. The molecule has 47 heavy (non-hydrogen) atoms. The summed E-state index contributed by atoms with van der Waals surface area (Å²) in [5.74, 6) is -66.5. The zero-order valence-corrected chi connectivity index (χ0v) is 24.8. The summed E-state index contributed by atoms with van der Waals surface area (Å²) in [4.78, 5) is 0. The van der Waals surface area contributed by atoms with Crippen LogP contribution < -0.4 is 0 Å². The van der Waals surface area contributed by atoms with E-state index < -0.39 is 108 Å². The molecular weight excluding hydrogens is 697 g/mol. The first-order chi connectivity index (χ1) is 21.0. The van der Waals surface area contributed by atoms with Crippen molar-refractivity contribution in [1.82, 2.24) is 0 Å². The Morgan fingerprint density at radius 3 is 1.15 bits per heavy atom. The lowest BCUT2D eigenvalue weighted by molar-refractivity contribution is -0.562. The molecule has 19 heteroatoms. The van der Waals surface area contributed by atoms with E-state index >= 15 is 48.3 Å². The van der Waals surface area contributed by atoms with Crippen LogP contribution in [-0.4, -0.2) is 64.4 Å². The Hall–Kier alpha value is -1.33. The summed E-state index contributed by atoms with van der Waals surface area (Å²) in [5, 5.41) is 0. The fourth-order valence-electron chi connectivity index (χ4n) is 7.44. The summed E-state index contributed by atoms with van der Waals surface area (Å²) in [5.41, 5.74) is -29.4. The molecule has 3 atom stereocenters. The molecule has 0 heterocycles. The Bertz CT molecular complexity index is 1130. The van der Waals surface area contributed by atoms with Crippen molar-refractivity contribution in [1.29, 1.82) is 0 Å². The molecular formula is C28H33F19. The molecule has 0 amide bonds. The number of rotatable bonds is 12. The van der Waals surface area contributed by atoms with Crippen LogP contribution in [0.25, 0.3) is 0 Å². The van der Waals surface area contributed by atoms with E-state index in [2.05, 4.69) is 0 Å². The van der Waals surface area contributed by atoms with Gasteiger partial charge in [0.25, 0.3) is 17.3 Å². The molecule has 278 valence electrons. The van der Waals surface area contributed by atoms with Gasteiger partial charge in [0.1, 0.15) is 0 Å². The molecule has 0 spiro atoms. The SMILES string of the molecule is CCCCCCCCCCCC1(C(F)(F)C2(F)C(F)(F)C(F)(F)C3(F)C(F)(F)C(F)(F)C(F)(F)C(F)(F)C3(F)C2(F)F)CCCCC1. The molecule has 3 unspecified atom stereocenters. The molecule has 3 rings (SSSR count). The monoisotopic (exact) mass is 730 g/mol. The second-order valence-corrected chi connectivity index (χ2v) is 13.0. The zero-order valence-electron chi connectivity index (χ0n) is 24.8. The Balaban J connectivity index is 2.22. The molecule has 3 fully saturated rings. The van der Waals surface area contributed by atoms with Crippen LogP contribution in [0.15, 0.2) is 0 Å². The van der Waals surface area contributed by atoms with E-state index in [-0.39, 0.29) is 19.3 Å². The van der Waals surface area contributed by atoms with Gasteiger partial charge in [-0.2, -0.15) is 61.5 Å². The highest BCUT2D eigenvalue weighted by molar-refractivity contribution is 5.45. The molecule has 0 bridgehead atoms. The van der Waals surface area contributed by atoms with E-state index in [1.165, 1.54) is 0 Å². The lowest BCUT2D eigenvalue weighted by Gasteiger charge is -2.66. The van der Waals surface area contributed by atoms with Crippen molar-refractivity contribution < 1.29 is 83.4 Å². The third-order valence-corrected chi connectivity index (χ3v) is 10.3. The minimum Gasteiger partial charge on any atom is -0.226 e. The Morgan fingerprint density at radius 1 is 0.404 bits per heavy atom. The van der Waals surface area contributed by atoms with Gasteiger partial charge < -0.3 is 0 Å². The van der Waals surface area contributed by atoms with Gasteiger partial charge in [0.15, 0.2) is 0 Å². The fourth-order valence-corrected chi connectivity index (χ4v) is 7.44. The molecule has 0 aromatic heterocycles. The Labute approximate surface area is 257 Å². The predicted octanol–water partition coefficient (Wildman–Crippen LogP) is 12.1. The van der Waals surface area contributed by atoms with E-state index in [1.54, 1.807) is 0 Å². The molecule has 0 aliphatic heterocycles. The second-order valence-electron chi connectivity index (χ2n) is 13.0. The summed E-state index contributed by atoms with van der Waals surface area (Å²) in [6, 6.07) is 0. The normalized spacial score (nSPS) is 36.0. The smallest absolute Gasteiger partial charge is 0.226 e. The van der Waals surface area contributed by atoms with Crippen LogP contribution in [-0.2, 0) is 0 Å². The van der Waals surface area contributed by atoms with Crippen molar-refractivity contribution in [2.75, 3.05) is 0 Å². The number of alkyl halides is 19. The van der Waals surface area contributed by atoms with E-state index in [4.69, 9.17) is 0 Å². The van der Waals surface area contributed by atoms with Crippen LogP contribution in [0.5, 0.6) is 0 Å². The minimum atomic E-state index is -8.82. The molecule has 3 saturated carbocycles. The fraction of sp³-hybridized carbons (Fsp3) is 1.00. The largest absolute Gasteiger partial charge is 0.382 e. The van der Waals surface area contributed by atoms with Gasteiger partial charge in [-0.1, -0.05) is 84.0 Å². The predicted molar refractivity (Wildman–Crippen MR) is 128 cm³/mol. The van der Waals surface area contributed by atoms with Gasteiger partial charge in [0.05, 0.1) is 0 Å². The highest BCUT2D eigenvalue weighted by atomic mass is 19.4. The molecule has 0 radical (unpaired) electrons. The first-order valence-corrected chi connectivity index (χ1v) is 15.1. The maximum Gasteiger partial charge on any atom is 0.382 e. The zero-order chi connectivity index (χ0) is 36.6. The van der Waals surface area contributed by atoms with Gasteiger partial charge in [-0.15, -0.1) is 0 Å². The summed E-state index contributed by atoms with van der Waals surface area (Å²) < 4.78 is 286. The van der Waals surface area contributed by atoms with Gasteiger partial charge >= 0.3 is 47.1 Å². The maximum absolute atomic E-state index is 16.3. The van der Waals surface area contributed by atoms with Gasteiger partial charge in [-0.05, 0) is 19.3 Å². The summed E-state index contributed by atoms with van der Waals surface area (Å²) in [6.45, 7) is 1.93. The van der Waals surface area contributed by atoms with Crippen molar-refractivity contribution in [2.24, 2.45) is 5.41 Å². The lowest BCUT2D eigenvalue weighted by atomic mass is 9.48. The molecule has 0 saturated heterocycles. The van der Waals surface area contributed by atoms with Crippen molar-refractivity contribution in [3.63, 3.8) is 0 Å². The van der Waals surface area contributed by atoms with Crippen LogP contribution in [0.1, 0.15) is 103 Å². The minimum absolute atomic E-state index is 0.0793. The topological polar surface area (TPSA) is 0 Å². The Morgan fingerprint density at radius 2 is 0.745 bits per heavy atom. The van der Waals surface area contributed by atoms with Crippen LogP contribution in [0, 0.1) is 5.41 Å². The number of hydrogen-bond acceptors (Lipinski definition) is 0. The van der Waals surface area contributed by atoms with Crippen molar-refractivity contribution in [3.8, 4) is 0 Å². The second kappa shape index (κ2) is 11.6.